The highest BCUT2D eigenvalue weighted by atomic mass is 15.4. The zero-order valence-corrected chi connectivity index (χ0v) is 12.7. The van der Waals surface area contributed by atoms with E-state index in [1.807, 2.05) is 17.9 Å². The van der Waals surface area contributed by atoms with Crippen LogP contribution in [0.4, 0.5) is 5.82 Å². The summed E-state index contributed by atoms with van der Waals surface area (Å²) in [6.07, 6.45) is 6.59. The molecule has 0 bridgehead atoms. The van der Waals surface area contributed by atoms with Crippen LogP contribution in [0.1, 0.15) is 29.9 Å². The van der Waals surface area contributed by atoms with Gasteiger partial charge in [-0.05, 0) is 19.8 Å². The Morgan fingerprint density at radius 3 is 3.00 bits per heavy atom. The molecule has 4 rings (SSSR count). The molecule has 1 fully saturated rings. The number of imidazole rings is 1. The third kappa shape index (κ3) is 2.33. The number of aromatic nitrogens is 4. The molecule has 2 aromatic heterocycles. The van der Waals surface area contributed by atoms with Crippen molar-refractivity contribution in [2.75, 3.05) is 11.4 Å². The average molecular weight is 286 g/mol. The molecule has 0 radical (unpaired) electrons. The summed E-state index contributed by atoms with van der Waals surface area (Å²) in [6, 6.07) is 0.720. The molecule has 0 amide bonds. The monoisotopic (exact) mass is 286 g/mol. The van der Waals surface area contributed by atoms with E-state index < -0.39 is 0 Å². The first-order valence-electron chi connectivity index (χ1n) is 7.73. The summed E-state index contributed by atoms with van der Waals surface area (Å²) < 4.78 is 4.26. The van der Waals surface area contributed by atoms with Gasteiger partial charge in [0.2, 0.25) is 0 Å². The van der Waals surface area contributed by atoms with Crippen molar-refractivity contribution in [1.29, 1.82) is 0 Å². The zero-order valence-electron chi connectivity index (χ0n) is 12.7. The van der Waals surface area contributed by atoms with Gasteiger partial charge in [0, 0.05) is 50.7 Å². The lowest BCUT2D eigenvalue weighted by atomic mass is 10.2. The number of anilines is 1. The fourth-order valence-electron chi connectivity index (χ4n) is 3.18. The molecule has 6 heteroatoms. The number of rotatable bonds is 4. The standard InChI is InChI=1S/C15H22N6/c1-11-13(9-17-12-3-4-12)15(19(2)18-11)21-8-7-20-6-5-16-14(20)10-21/h5-6,12,17H,3-4,7-10H2,1-2H3. The molecule has 1 N–H and O–H groups in total. The Labute approximate surface area is 124 Å². The summed E-state index contributed by atoms with van der Waals surface area (Å²) in [4.78, 5) is 6.87. The van der Waals surface area contributed by atoms with Crippen molar-refractivity contribution in [1.82, 2.24) is 24.6 Å². The summed E-state index contributed by atoms with van der Waals surface area (Å²) in [5.41, 5.74) is 2.47. The van der Waals surface area contributed by atoms with Crippen LogP contribution in [0.3, 0.4) is 0 Å². The van der Waals surface area contributed by atoms with Crippen LogP contribution in [0.25, 0.3) is 0 Å². The van der Waals surface area contributed by atoms with E-state index in [0.29, 0.717) is 0 Å². The number of aryl methyl sites for hydroxylation is 2. The van der Waals surface area contributed by atoms with Gasteiger partial charge in [-0.2, -0.15) is 5.10 Å². The highest BCUT2D eigenvalue weighted by molar-refractivity contribution is 5.50. The van der Waals surface area contributed by atoms with Gasteiger partial charge >= 0.3 is 0 Å². The second kappa shape index (κ2) is 4.87. The third-order valence-corrected chi connectivity index (χ3v) is 4.50. The molecule has 1 aliphatic heterocycles. The largest absolute Gasteiger partial charge is 0.347 e. The molecular formula is C15H22N6. The fourth-order valence-corrected chi connectivity index (χ4v) is 3.18. The minimum atomic E-state index is 0.720. The third-order valence-electron chi connectivity index (χ3n) is 4.50. The van der Waals surface area contributed by atoms with E-state index in [0.717, 1.165) is 43.7 Å². The molecule has 3 heterocycles. The maximum absolute atomic E-state index is 4.64. The van der Waals surface area contributed by atoms with Gasteiger partial charge in [-0.15, -0.1) is 0 Å². The first kappa shape index (κ1) is 12.9. The Bertz CT molecular complexity index is 651. The van der Waals surface area contributed by atoms with Gasteiger partial charge in [0.05, 0.1) is 12.2 Å². The molecule has 21 heavy (non-hydrogen) atoms. The number of hydrogen-bond acceptors (Lipinski definition) is 4. The van der Waals surface area contributed by atoms with Crippen LogP contribution in [0.15, 0.2) is 12.4 Å². The van der Waals surface area contributed by atoms with Gasteiger partial charge < -0.3 is 14.8 Å². The lowest BCUT2D eigenvalue weighted by Gasteiger charge is -2.30. The van der Waals surface area contributed by atoms with Gasteiger partial charge in [-0.1, -0.05) is 0 Å². The van der Waals surface area contributed by atoms with Crippen LogP contribution in [0.5, 0.6) is 0 Å². The molecule has 2 aromatic rings. The van der Waals surface area contributed by atoms with Crippen LogP contribution >= 0.6 is 0 Å². The topological polar surface area (TPSA) is 50.9 Å². The van der Waals surface area contributed by atoms with Crippen molar-refractivity contribution in [2.45, 2.75) is 45.4 Å². The quantitative estimate of drug-likeness (QED) is 0.917. The molecular weight excluding hydrogens is 264 g/mol. The second-order valence-electron chi connectivity index (χ2n) is 6.12. The minimum Gasteiger partial charge on any atom is -0.347 e. The van der Waals surface area contributed by atoms with E-state index in [-0.39, 0.29) is 0 Å². The van der Waals surface area contributed by atoms with Crippen LogP contribution in [0.2, 0.25) is 0 Å². The average Bonchev–Trinajstić information content (AvgIpc) is 3.09. The number of nitrogens with zero attached hydrogens (tertiary/aromatic N) is 5. The second-order valence-corrected chi connectivity index (χ2v) is 6.12. The highest BCUT2D eigenvalue weighted by Crippen LogP contribution is 2.28. The van der Waals surface area contributed by atoms with Crippen molar-refractivity contribution < 1.29 is 0 Å². The molecule has 1 aliphatic carbocycles. The highest BCUT2D eigenvalue weighted by Gasteiger charge is 2.26. The lowest BCUT2D eigenvalue weighted by molar-refractivity contribution is 0.543. The maximum Gasteiger partial charge on any atom is 0.131 e. The minimum absolute atomic E-state index is 0.720. The summed E-state index contributed by atoms with van der Waals surface area (Å²) in [7, 11) is 2.05. The van der Waals surface area contributed by atoms with E-state index in [1.54, 1.807) is 0 Å². The smallest absolute Gasteiger partial charge is 0.131 e. The maximum atomic E-state index is 4.64. The molecule has 2 aliphatic rings. The number of fused-ring (bicyclic) bond motifs is 1. The van der Waals surface area contributed by atoms with E-state index in [1.165, 1.54) is 24.2 Å². The normalized spacial score (nSPS) is 18.1. The van der Waals surface area contributed by atoms with Crippen molar-refractivity contribution in [3.05, 3.63) is 29.5 Å². The van der Waals surface area contributed by atoms with Gasteiger partial charge in [0.25, 0.3) is 0 Å². The molecule has 0 aromatic carbocycles. The first-order valence-corrected chi connectivity index (χ1v) is 7.73. The Morgan fingerprint density at radius 2 is 2.19 bits per heavy atom. The van der Waals surface area contributed by atoms with Crippen LogP contribution in [-0.4, -0.2) is 31.9 Å². The fraction of sp³-hybridized carbons (Fsp3) is 0.600. The van der Waals surface area contributed by atoms with Gasteiger partial charge in [-0.25, -0.2) is 4.98 Å². The Morgan fingerprint density at radius 1 is 1.33 bits per heavy atom. The molecule has 0 unspecified atom stereocenters. The SMILES string of the molecule is Cc1nn(C)c(N2CCn3ccnc3C2)c1CNC1CC1. The number of hydrogen-bond donors (Lipinski definition) is 1. The van der Waals surface area contributed by atoms with E-state index >= 15 is 0 Å². The summed E-state index contributed by atoms with van der Waals surface area (Å²) in [6.45, 7) is 5.90. The van der Waals surface area contributed by atoms with Gasteiger partial charge in [-0.3, -0.25) is 4.68 Å². The van der Waals surface area contributed by atoms with Crippen molar-refractivity contribution in [3.63, 3.8) is 0 Å². The van der Waals surface area contributed by atoms with Crippen LogP contribution in [-0.2, 0) is 26.7 Å². The Balaban J connectivity index is 1.61. The van der Waals surface area contributed by atoms with Crippen molar-refractivity contribution in [3.8, 4) is 0 Å². The van der Waals surface area contributed by atoms with Crippen LogP contribution in [0, 0.1) is 6.92 Å². The molecule has 0 saturated heterocycles. The number of nitrogens with one attached hydrogen (secondary N) is 1. The summed E-state index contributed by atoms with van der Waals surface area (Å²) in [5, 5.41) is 8.26. The lowest BCUT2D eigenvalue weighted by Crippen LogP contribution is -2.35. The first-order chi connectivity index (χ1) is 10.2. The van der Waals surface area contributed by atoms with E-state index in [2.05, 4.69) is 38.0 Å². The van der Waals surface area contributed by atoms with E-state index in [4.69, 9.17) is 0 Å². The van der Waals surface area contributed by atoms with Gasteiger partial charge in [0.15, 0.2) is 0 Å². The molecule has 0 spiro atoms. The molecule has 112 valence electrons. The van der Waals surface area contributed by atoms with Crippen molar-refractivity contribution in [2.24, 2.45) is 7.05 Å². The van der Waals surface area contributed by atoms with Gasteiger partial charge in [0.1, 0.15) is 11.6 Å². The van der Waals surface area contributed by atoms with Crippen molar-refractivity contribution >= 4 is 5.82 Å². The van der Waals surface area contributed by atoms with Crippen LogP contribution < -0.4 is 10.2 Å². The molecule has 6 nitrogen and oxygen atoms in total. The Kier molecular flexibility index (Phi) is 2.99. The summed E-state index contributed by atoms with van der Waals surface area (Å²) in [5.74, 6) is 2.39. The Hall–Kier alpha value is -1.82. The molecule has 0 atom stereocenters. The van der Waals surface area contributed by atoms with E-state index in [9.17, 15) is 0 Å². The summed E-state index contributed by atoms with van der Waals surface area (Å²) >= 11 is 0. The predicted molar refractivity (Wildman–Crippen MR) is 81.1 cm³/mol. The predicted octanol–water partition coefficient (Wildman–Crippen LogP) is 1.20. The zero-order chi connectivity index (χ0) is 14.4. The molecule has 1 saturated carbocycles.